The molecule has 0 unspecified atom stereocenters. The Hall–Kier alpha value is -1.87. The SMILES string of the molecule is CC(C)(C)n1cc(CNc2cc(Br)ccc2C#N)nn1. The van der Waals surface area contributed by atoms with Crippen molar-refractivity contribution in [3.63, 3.8) is 0 Å². The van der Waals surface area contributed by atoms with E-state index in [0.717, 1.165) is 15.9 Å². The van der Waals surface area contributed by atoms with Crippen LogP contribution in [-0.4, -0.2) is 15.0 Å². The number of hydrogen-bond acceptors (Lipinski definition) is 4. The summed E-state index contributed by atoms with van der Waals surface area (Å²) in [5.41, 5.74) is 2.14. The molecule has 0 atom stereocenters. The zero-order valence-corrected chi connectivity index (χ0v) is 13.3. The van der Waals surface area contributed by atoms with Crippen LogP contribution in [-0.2, 0) is 12.1 Å². The molecule has 1 N–H and O–H groups in total. The van der Waals surface area contributed by atoms with Gasteiger partial charge in [-0.2, -0.15) is 5.26 Å². The molecule has 0 radical (unpaired) electrons. The van der Waals surface area contributed by atoms with Gasteiger partial charge in [-0.3, -0.25) is 0 Å². The summed E-state index contributed by atoms with van der Waals surface area (Å²) in [6, 6.07) is 7.67. The lowest BCUT2D eigenvalue weighted by atomic mass is 10.1. The summed E-state index contributed by atoms with van der Waals surface area (Å²) in [5, 5.41) is 20.5. The van der Waals surface area contributed by atoms with Gasteiger partial charge < -0.3 is 5.32 Å². The predicted octanol–water partition coefficient (Wildman–Crippen LogP) is 3.28. The van der Waals surface area contributed by atoms with Gasteiger partial charge in [-0.1, -0.05) is 21.1 Å². The lowest BCUT2D eigenvalue weighted by molar-refractivity contribution is 0.347. The molecule has 2 aromatic rings. The van der Waals surface area contributed by atoms with Crippen LogP contribution < -0.4 is 5.32 Å². The van der Waals surface area contributed by atoms with Crippen LogP contribution in [0.2, 0.25) is 0 Å². The van der Waals surface area contributed by atoms with Crippen LogP contribution in [0.1, 0.15) is 32.0 Å². The molecule has 0 bridgehead atoms. The largest absolute Gasteiger partial charge is 0.378 e. The molecule has 0 aliphatic carbocycles. The summed E-state index contributed by atoms with van der Waals surface area (Å²) < 4.78 is 2.76. The van der Waals surface area contributed by atoms with E-state index in [1.54, 1.807) is 6.07 Å². The second-order valence-corrected chi connectivity index (χ2v) is 6.40. The van der Waals surface area contributed by atoms with Crippen molar-refractivity contribution in [3.8, 4) is 6.07 Å². The Balaban J connectivity index is 2.12. The van der Waals surface area contributed by atoms with E-state index < -0.39 is 0 Å². The molecule has 0 amide bonds. The van der Waals surface area contributed by atoms with Crippen molar-refractivity contribution in [2.24, 2.45) is 0 Å². The molecule has 0 spiro atoms. The molecule has 0 fully saturated rings. The molecule has 20 heavy (non-hydrogen) atoms. The van der Waals surface area contributed by atoms with Crippen LogP contribution in [0.4, 0.5) is 5.69 Å². The van der Waals surface area contributed by atoms with Gasteiger partial charge in [0.25, 0.3) is 0 Å². The summed E-state index contributed by atoms with van der Waals surface area (Å²) in [4.78, 5) is 0. The molecule has 0 aliphatic heterocycles. The van der Waals surface area contributed by atoms with Crippen LogP contribution in [0.5, 0.6) is 0 Å². The minimum absolute atomic E-state index is 0.0845. The van der Waals surface area contributed by atoms with Gasteiger partial charge in [0.2, 0.25) is 0 Å². The number of rotatable bonds is 3. The van der Waals surface area contributed by atoms with Crippen molar-refractivity contribution >= 4 is 21.6 Å². The third kappa shape index (κ3) is 3.36. The van der Waals surface area contributed by atoms with E-state index >= 15 is 0 Å². The fourth-order valence-electron chi connectivity index (χ4n) is 1.65. The molecule has 0 saturated heterocycles. The molecule has 1 aromatic carbocycles. The highest BCUT2D eigenvalue weighted by Crippen LogP contribution is 2.21. The number of aromatic nitrogens is 3. The second kappa shape index (κ2) is 5.63. The normalized spacial score (nSPS) is 11.2. The number of halogens is 1. The first-order chi connectivity index (χ1) is 9.40. The average Bonchev–Trinajstić information content (AvgIpc) is 2.85. The molecule has 0 saturated carbocycles. The van der Waals surface area contributed by atoms with E-state index in [0.29, 0.717) is 12.1 Å². The van der Waals surface area contributed by atoms with Crippen LogP contribution in [0, 0.1) is 11.3 Å². The molecule has 6 heteroatoms. The zero-order valence-electron chi connectivity index (χ0n) is 11.7. The molecule has 1 aromatic heterocycles. The van der Waals surface area contributed by atoms with E-state index in [2.05, 4.69) is 58.4 Å². The maximum absolute atomic E-state index is 9.08. The maximum Gasteiger partial charge on any atom is 0.102 e. The quantitative estimate of drug-likeness (QED) is 0.935. The number of benzene rings is 1. The van der Waals surface area contributed by atoms with Crippen molar-refractivity contribution < 1.29 is 0 Å². The highest BCUT2D eigenvalue weighted by molar-refractivity contribution is 9.10. The van der Waals surface area contributed by atoms with Gasteiger partial charge in [-0.25, -0.2) is 4.68 Å². The van der Waals surface area contributed by atoms with Crippen LogP contribution in [0.3, 0.4) is 0 Å². The van der Waals surface area contributed by atoms with E-state index in [4.69, 9.17) is 5.26 Å². The first-order valence-corrected chi connectivity index (χ1v) is 7.04. The Morgan fingerprint density at radius 1 is 1.40 bits per heavy atom. The Morgan fingerprint density at radius 2 is 2.15 bits per heavy atom. The Labute approximate surface area is 126 Å². The molecule has 5 nitrogen and oxygen atoms in total. The van der Waals surface area contributed by atoms with Gasteiger partial charge in [0.1, 0.15) is 11.8 Å². The smallest absolute Gasteiger partial charge is 0.102 e. The summed E-state index contributed by atoms with van der Waals surface area (Å²) >= 11 is 3.40. The first-order valence-electron chi connectivity index (χ1n) is 6.25. The summed E-state index contributed by atoms with van der Waals surface area (Å²) in [6.07, 6.45) is 1.91. The molecular weight excluding hydrogens is 318 g/mol. The molecule has 0 aliphatic rings. The first kappa shape index (κ1) is 14.5. The van der Waals surface area contributed by atoms with Crippen molar-refractivity contribution in [2.45, 2.75) is 32.9 Å². The van der Waals surface area contributed by atoms with Gasteiger partial charge >= 0.3 is 0 Å². The third-order valence-electron chi connectivity index (χ3n) is 2.79. The molecule has 2 rings (SSSR count). The fourth-order valence-corrected chi connectivity index (χ4v) is 2.01. The summed E-state index contributed by atoms with van der Waals surface area (Å²) in [7, 11) is 0. The molecule has 1 heterocycles. The van der Waals surface area contributed by atoms with Gasteiger partial charge in [-0.05, 0) is 39.0 Å². The van der Waals surface area contributed by atoms with E-state index in [1.165, 1.54) is 0 Å². The third-order valence-corrected chi connectivity index (χ3v) is 3.28. The van der Waals surface area contributed by atoms with Gasteiger partial charge in [0.15, 0.2) is 0 Å². The summed E-state index contributed by atoms with van der Waals surface area (Å²) in [5.74, 6) is 0. The standard InChI is InChI=1S/C14H16BrN5/c1-14(2,3)20-9-12(18-19-20)8-17-13-6-11(15)5-4-10(13)7-16/h4-6,9,17H,8H2,1-3H3. The topological polar surface area (TPSA) is 66.5 Å². The van der Waals surface area contributed by atoms with Gasteiger partial charge in [0, 0.05) is 4.47 Å². The Morgan fingerprint density at radius 3 is 2.75 bits per heavy atom. The van der Waals surface area contributed by atoms with Crippen LogP contribution in [0.15, 0.2) is 28.9 Å². The molecule has 104 valence electrons. The number of nitriles is 1. The number of hydrogen-bond donors (Lipinski definition) is 1. The van der Waals surface area contributed by atoms with Crippen molar-refractivity contribution in [1.82, 2.24) is 15.0 Å². The highest BCUT2D eigenvalue weighted by Gasteiger charge is 2.15. The van der Waals surface area contributed by atoms with Crippen molar-refractivity contribution in [1.29, 1.82) is 5.26 Å². The maximum atomic E-state index is 9.08. The lowest BCUT2D eigenvalue weighted by Crippen LogP contribution is -2.22. The van der Waals surface area contributed by atoms with Gasteiger partial charge in [0.05, 0.1) is 29.5 Å². The second-order valence-electron chi connectivity index (χ2n) is 5.48. The highest BCUT2D eigenvalue weighted by atomic mass is 79.9. The Kier molecular flexibility index (Phi) is 4.09. The number of anilines is 1. The van der Waals surface area contributed by atoms with E-state index in [-0.39, 0.29) is 5.54 Å². The Bertz CT molecular complexity index is 648. The average molecular weight is 334 g/mol. The fraction of sp³-hybridized carbons (Fsp3) is 0.357. The lowest BCUT2D eigenvalue weighted by Gasteiger charge is -2.17. The van der Waals surface area contributed by atoms with Crippen molar-refractivity contribution in [2.75, 3.05) is 5.32 Å². The number of nitrogens with zero attached hydrogens (tertiary/aromatic N) is 4. The van der Waals surface area contributed by atoms with Gasteiger partial charge in [-0.15, -0.1) is 5.10 Å². The minimum atomic E-state index is -0.0845. The summed E-state index contributed by atoms with van der Waals surface area (Å²) in [6.45, 7) is 6.74. The predicted molar refractivity (Wildman–Crippen MR) is 81.2 cm³/mol. The monoisotopic (exact) mass is 333 g/mol. The van der Waals surface area contributed by atoms with Crippen molar-refractivity contribution in [3.05, 3.63) is 40.1 Å². The van der Waals surface area contributed by atoms with Crippen LogP contribution in [0.25, 0.3) is 0 Å². The minimum Gasteiger partial charge on any atom is -0.378 e. The van der Waals surface area contributed by atoms with E-state index in [9.17, 15) is 0 Å². The zero-order chi connectivity index (χ0) is 14.8. The van der Waals surface area contributed by atoms with Crippen LogP contribution >= 0.6 is 15.9 Å². The molecular formula is C14H16BrN5. The number of nitrogens with one attached hydrogen (secondary N) is 1. The van der Waals surface area contributed by atoms with E-state index in [1.807, 2.05) is 23.0 Å².